The van der Waals surface area contributed by atoms with Gasteiger partial charge in [0.2, 0.25) is 0 Å². The van der Waals surface area contributed by atoms with Gasteiger partial charge in [-0.2, -0.15) is 0 Å². The number of hydrogen-bond acceptors (Lipinski definition) is 10. The van der Waals surface area contributed by atoms with Crippen LogP contribution in [0.3, 0.4) is 0 Å². The van der Waals surface area contributed by atoms with Crippen LogP contribution < -0.4 is 66.6 Å². The van der Waals surface area contributed by atoms with Gasteiger partial charge in [0.1, 0.15) is 0 Å². The molecular weight excluding hydrogens is 494 g/mol. The van der Waals surface area contributed by atoms with E-state index in [1.54, 1.807) is 0 Å². The third-order valence-corrected chi connectivity index (χ3v) is 11.7. The fourth-order valence-corrected chi connectivity index (χ4v) is 9.49. The van der Waals surface area contributed by atoms with E-state index in [-0.39, 0.29) is 59.1 Å². The third-order valence-electron chi connectivity index (χ3n) is 0.333. The summed E-state index contributed by atoms with van der Waals surface area (Å²) in [4.78, 5) is 0. The van der Waals surface area contributed by atoms with Gasteiger partial charge < -0.3 is 0 Å². The molecule has 0 radical (unpaired) electrons. The monoisotopic (exact) mass is 500 g/mol. The minimum atomic E-state index is -6.71. The van der Waals surface area contributed by atoms with Gasteiger partial charge in [-0.25, -0.2) is 0 Å². The topological polar surface area (TPSA) is 167 Å². The molecule has 15 heavy (non-hydrogen) atoms. The van der Waals surface area contributed by atoms with Crippen molar-refractivity contribution >= 4 is 0 Å². The molecular formula is Mo3Na2O10. The van der Waals surface area contributed by atoms with E-state index < -0.39 is 50.2 Å². The predicted octanol–water partition coefficient (Wildman–Crippen LogP) is -9.23. The summed E-state index contributed by atoms with van der Waals surface area (Å²) in [7, 11) is 0. The van der Waals surface area contributed by atoms with E-state index in [9.17, 15) is 27.9 Å². The summed E-state index contributed by atoms with van der Waals surface area (Å²) < 4.78 is 84.6. The molecule has 15 heteroatoms. The van der Waals surface area contributed by atoms with Crippen LogP contribution in [0.2, 0.25) is 0 Å². The van der Waals surface area contributed by atoms with Gasteiger partial charge in [-0.05, 0) is 0 Å². The Morgan fingerprint density at radius 2 is 0.867 bits per heavy atom. The number of hydrogen-bond donors (Lipinski definition) is 0. The van der Waals surface area contributed by atoms with Crippen LogP contribution in [0.5, 0.6) is 0 Å². The van der Waals surface area contributed by atoms with Crippen LogP contribution in [0, 0.1) is 0 Å². The summed E-state index contributed by atoms with van der Waals surface area (Å²) in [6.07, 6.45) is 0. The molecule has 0 spiro atoms. The molecule has 0 heterocycles. The number of rotatable bonds is 4. The van der Waals surface area contributed by atoms with Gasteiger partial charge in [0.15, 0.2) is 0 Å². The first-order valence-electron chi connectivity index (χ1n) is 2.00. The molecule has 0 saturated carbocycles. The molecule has 0 amide bonds. The van der Waals surface area contributed by atoms with Crippen LogP contribution in [0.4, 0.5) is 0 Å². The van der Waals surface area contributed by atoms with E-state index in [0.717, 1.165) is 0 Å². The van der Waals surface area contributed by atoms with Crippen molar-refractivity contribution in [3.8, 4) is 0 Å². The van der Waals surface area contributed by atoms with Crippen molar-refractivity contribution in [1.82, 2.24) is 0 Å². The molecule has 80 valence electrons. The SMILES string of the molecule is [Na+].[Na+].[O]=[Mo](=[O])([O-])[O][Mo](=[O])(=[O])[O][Mo](=[O])(=[O])[O-]. The summed E-state index contributed by atoms with van der Waals surface area (Å²) in [6.45, 7) is 0. The van der Waals surface area contributed by atoms with Crippen molar-refractivity contribution in [2.24, 2.45) is 0 Å². The quantitative estimate of drug-likeness (QED) is 0.343. The Morgan fingerprint density at radius 1 is 0.667 bits per heavy atom. The van der Waals surface area contributed by atoms with Crippen molar-refractivity contribution < 1.29 is 141 Å². The summed E-state index contributed by atoms with van der Waals surface area (Å²) in [6, 6.07) is 0. The second kappa shape index (κ2) is 7.99. The van der Waals surface area contributed by atoms with Crippen LogP contribution in [0.25, 0.3) is 0 Å². The summed E-state index contributed by atoms with van der Waals surface area (Å²) >= 11 is -20.1. The Morgan fingerprint density at radius 3 is 1.00 bits per heavy atom. The van der Waals surface area contributed by atoms with Crippen LogP contribution in [0.15, 0.2) is 0 Å². The van der Waals surface area contributed by atoms with Gasteiger partial charge in [0.05, 0.1) is 0 Å². The summed E-state index contributed by atoms with van der Waals surface area (Å²) in [5, 5.41) is 0. The molecule has 0 fully saturated rings. The maximum atomic E-state index is 10.2. The van der Waals surface area contributed by atoms with E-state index >= 15 is 0 Å². The first-order valence-corrected chi connectivity index (χ1v) is 11.8. The zero-order chi connectivity index (χ0) is 10.9. The summed E-state index contributed by atoms with van der Waals surface area (Å²) in [5.74, 6) is 0. The van der Waals surface area contributed by atoms with E-state index in [4.69, 9.17) is 0 Å². The Balaban J connectivity index is -0.000000720. The van der Waals surface area contributed by atoms with Gasteiger partial charge in [-0.15, -0.1) is 0 Å². The van der Waals surface area contributed by atoms with Crippen molar-refractivity contribution in [1.29, 1.82) is 0 Å². The first kappa shape index (κ1) is 22.8. The van der Waals surface area contributed by atoms with Crippen molar-refractivity contribution in [3.05, 3.63) is 0 Å². The van der Waals surface area contributed by atoms with Gasteiger partial charge in [0, 0.05) is 0 Å². The zero-order valence-electron chi connectivity index (χ0n) is 7.31. The predicted molar refractivity (Wildman–Crippen MR) is 6.29 cm³/mol. The molecule has 0 aromatic rings. The average molecular weight is 494 g/mol. The van der Waals surface area contributed by atoms with Gasteiger partial charge >= 0.3 is 141 Å². The van der Waals surface area contributed by atoms with E-state index in [1.165, 1.54) is 0 Å². The van der Waals surface area contributed by atoms with Gasteiger partial charge in [-0.3, -0.25) is 0 Å². The molecule has 0 aliphatic heterocycles. The first-order chi connectivity index (χ1) is 5.41. The van der Waals surface area contributed by atoms with Crippen molar-refractivity contribution in [2.75, 3.05) is 0 Å². The molecule has 0 rings (SSSR count). The van der Waals surface area contributed by atoms with E-state index in [2.05, 4.69) is 4.09 Å². The standard InChI is InChI=1S/3Mo.2Na.10O/q;;;2*+1;;;;;;;;;2*-1. The molecule has 0 aromatic heterocycles. The fourth-order valence-electron chi connectivity index (χ4n) is 0.215. The zero-order valence-corrected chi connectivity index (χ0v) is 17.3. The second-order valence-electron chi connectivity index (χ2n) is 1.36. The van der Waals surface area contributed by atoms with Crippen molar-refractivity contribution in [3.63, 3.8) is 0 Å². The van der Waals surface area contributed by atoms with E-state index in [1.807, 2.05) is 0 Å². The Labute approximate surface area is 138 Å². The molecule has 0 aromatic carbocycles. The summed E-state index contributed by atoms with van der Waals surface area (Å²) in [5.41, 5.74) is 0. The van der Waals surface area contributed by atoms with Crippen LogP contribution in [-0.4, -0.2) is 0 Å². The van der Waals surface area contributed by atoms with Crippen LogP contribution in [0.1, 0.15) is 0 Å². The average Bonchev–Trinajstić information content (AvgIpc) is 1.43. The van der Waals surface area contributed by atoms with Crippen LogP contribution >= 0.6 is 0 Å². The second-order valence-corrected chi connectivity index (χ2v) is 12.0. The van der Waals surface area contributed by atoms with E-state index in [0.29, 0.717) is 0 Å². The van der Waals surface area contributed by atoms with Crippen molar-refractivity contribution in [2.45, 2.75) is 0 Å². The minimum absolute atomic E-state index is 0. The molecule has 0 aliphatic carbocycles. The Kier molecular flexibility index (Phi) is 12.2. The molecule has 10 nitrogen and oxygen atoms in total. The molecule has 0 atom stereocenters. The Bertz CT molecular complexity index is 423. The molecule has 0 aliphatic rings. The maximum absolute atomic E-state index is 10.2. The molecule has 0 unspecified atom stereocenters. The third kappa shape index (κ3) is 16.7. The molecule has 0 N–H and O–H groups in total. The normalized spacial score (nSPS) is 12.4. The fraction of sp³-hybridized carbons (Fsp3) is 0. The van der Waals surface area contributed by atoms with Gasteiger partial charge in [-0.1, -0.05) is 0 Å². The Hall–Kier alpha value is 2.70. The molecule has 0 bridgehead atoms. The van der Waals surface area contributed by atoms with Gasteiger partial charge in [0.25, 0.3) is 0 Å². The van der Waals surface area contributed by atoms with Crippen LogP contribution in [-0.2, 0) is 74.7 Å². The molecule has 0 saturated heterocycles.